The van der Waals surface area contributed by atoms with Crippen molar-refractivity contribution >= 4 is 11.3 Å². The lowest BCUT2D eigenvalue weighted by molar-refractivity contribution is 1.18. The molecular formula is C13H10N3. The van der Waals surface area contributed by atoms with E-state index in [2.05, 4.69) is 11.2 Å². The zero-order valence-corrected chi connectivity index (χ0v) is 8.59. The van der Waals surface area contributed by atoms with Crippen LogP contribution in [0.2, 0.25) is 0 Å². The van der Waals surface area contributed by atoms with Gasteiger partial charge in [0.15, 0.2) is 0 Å². The molecule has 0 aliphatic rings. The number of nitrogens with two attached hydrogens (primary N) is 1. The molecule has 0 aliphatic heterocycles. The van der Waals surface area contributed by atoms with Crippen molar-refractivity contribution in [3.8, 4) is 11.3 Å². The zero-order valence-electron chi connectivity index (χ0n) is 8.59. The quantitative estimate of drug-likeness (QED) is 0.624. The van der Waals surface area contributed by atoms with Gasteiger partial charge in [0.05, 0.1) is 6.20 Å². The van der Waals surface area contributed by atoms with Gasteiger partial charge < -0.3 is 5.73 Å². The number of pyridine rings is 1. The summed E-state index contributed by atoms with van der Waals surface area (Å²) in [5, 5.41) is 0. The fraction of sp³-hybridized carbons (Fsp3) is 0. The van der Waals surface area contributed by atoms with Crippen LogP contribution < -0.4 is 5.73 Å². The first-order valence-corrected chi connectivity index (χ1v) is 5.06. The highest BCUT2D eigenvalue weighted by Crippen LogP contribution is 2.24. The number of anilines is 1. The maximum Gasteiger partial charge on any atom is 0.137 e. The van der Waals surface area contributed by atoms with Crippen LogP contribution in [0.15, 0.2) is 48.7 Å². The summed E-state index contributed by atoms with van der Waals surface area (Å²) in [6, 6.07) is 13.5. The number of aromatic nitrogens is 2. The van der Waals surface area contributed by atoms with E-state index in [1.165, 1.54) is 0 Å². The van der Waals surface area contributed by atoms with Crippen molar-refractivity contribution in [3.63, 3.8) is 0 Å². The summed E-state index contributed by atoms with van der Waals surface area (Å²) in [6.07, 6.45) is 5.10. The van der Waals surface area contributed by atoms with Crippen LogP contribution in [0.4, 0.5) is 5.69 Å². The number of hydrogen-bond donors (Lipinski definition) is 1. The number of hydrogen-bond acceptors (Lipinski definition) is 2. The lowest BCUT2D eigenvalue weighted by Crippen LogP contribution is -1.88. The van der Waals surface area contributed by atoms with Gasteiger partial charge in [-0.3, -0.25) is 4.40 Å². The molecule has 3 rings (SSSR count). The maximum atomic E-state index is 5.91. The molecule has 0 unspecified atom stereocenters. The summed E-state index contributed by atoms with van der Waals surface area (Å²) in [6.45, 7) is 0. The third-order valence-electron chi connectivity index (χ3n) is 2.51. The fourth-order valence-corrected chi connectivity index (χ4v) is 1.71. The first-order valence-electron chi connectivity index (χ1n) is 5.06. The van der Waals surface area contributed by atoms with Crippen LogP contribution in [0.3, 0.4) is 0 Å². The van der Waals surface area contributed by atoms with Crippen molar-refractivity contribution in [3.05, 3.63) is 54.9 Å². The monoisotopic (exact) mass is 208 g/mol. The van der Waals surface area contributed by atoms with Gasteiger partial charge in [-0.15, -0.1) is 0 Å². The molecule has 2 aromatic heterocycles. The molecule has 0 amide bonds. The van der Waals surface area contributed by atoms with Gasteiger partial charge in [-0.2, -0.15) is 0 Å². The van der Waals surface area contributed by atoms with E-state index in [1.54, 1.807) is 0 Å². The molecule has 0 atom stereocenters. The SMILES string of the molecule is Nc1ccccc1-c1[c]n2ccccc2n1. The molecule has 0 aliphatic carbocycles. The summed E-state index contributed by atoms with van der Waals surface area (Å²) < 4.78 is 1.86. The molecule has 77 valence electrons. The lowest BCUT2D eigenvalue weighted by atomic mass is 10.1. The van der Waals surface area contributed by atoms with E-state index in [0.29, 0.717) is 0 Å². The minimum Gasteiger partial charge on any atom is -0.398 e. The topological polar surface area (TPSA) is 43.3 Å². The van der Waals surface area contributed by atoms with E-state index in [0.717, 1.165) is 22.6 Å². The van der Waals surface area contributed by atoms with Crippen molar-refractivity contribution in [2.75, 3.05) is 5.73 Å². The van der Waals surface area contributed by atoms with E-state index in [9.17, 15) is 0 Å². The van der Waals surface area contributed by atoms with Crippen LogP contribution in [0.5, 0.6) is 0 Å². The van der Waals surface area contributed by atoms with Crippen molar-refractivity contribution in [2.45, 2.75) is 0 Å². The van der Waals surface area contributed by atoms with Gasteiger partial charge in [-0.05, 0) is 18.2 Å². The maximum absolute atomic E-state index is 5.91. The molecule has 3 heteroatoms. The van der Waals surface area contributed by atoms with Crippen LogP contribution in [0.25, 0.3) is 16.9 Å². The molecule has 1 aromatic carbocycles. The van der Waals surface area contributed by atoms with Gasteiger partial charge >= 0.3 is 0 Å². The first-order chi connectivity index (χ1) is 7.84. The van der Waals surface area contributed by atoms with Gasteiger partial charge in [0, 0.05) is 17.4 Å². The number of imidazole rings is 1. The number of fused-ring (bicyclic) bond motifs is 1. The summed E-state index contributed by atoms with van der Waals surface area (Å²) in [5.41, 5.74) is 9.21. The second-order valence-electron chi connectivity index (χ2n) is 3.59. The lowest BCUT2D eigenvalue weighted by Gasteiger charge is -1.99. The van der Waals surface area contributed by atoms with Crippen molar-refractivity contribution in [1.29, 1.82) is 0 Å². The van der Waals surface area contributed by atoms with Gasteiger partial charge in [0.2, 0.25) is 0 Å². The Morgan fingerprint density at radius 2 is 1.88 bits per heavy atom. The Kier molecular flexibility index (Phi) is 1.90. The highest BCUT2D eigenvalue weighted by molar-refractivity contribution is 5.74. The molecule has 16 heavy (non-hydrogen) atoms. The van der Waals surface area contributed by atoms with E-state index < -0.39 is 0 Å². The Labute approximate surface area is 93.2 Å². The third-order valence-corrected chi connectivity index (χ3v) is 2.51. The van der Waals surface area contributed by atoms with Crippen molar-refractivity contribution < 1.29 is 0 Å². The molecule has 0 saturated carbocycles. The molecule has 2 N–H and O–H groups in total. The Balaban J connectivity index is 2.23. The Morgan fingerprint density at radius 3 is 2.69 bits per heavy atom. The number of para-hydroxylation sites is 1. The minimum absolute atomic E-state index is 0.724. The molecule has 3 nitrogen and oxygen atoms in total. The molecule has 0 spiro atoms. The zero-order chi connectivity index (χ0) is 11.0. The predicted molar refractivity (Wildman–Crippen MR) is 63.9 cm³/mol. The average Bonchev–Trinajstić information content (AvgIpc) is 2.73. The highest BCUT2D eigenvalue weighted by atomic mass is 15.0. The Bertz CT molecular complexity index is 607. The predicted octanol–water partition coefficient (Wildman–Crippen LogP) is 2.38. The average molecular weight is 208 g/mol. The van der Waals surface area contributed by atoms with Crippen molar-refractivity contribution in [1.82, 2.24) is 9.38 Å². The molecule has 3 aromatic rings. The Hall–Kier alpha value is -2.29. The summed E-state index contributed by atoms with van der Waals surface area (Å²) >= 11 is 0. The van der Waals surface area contributed by atoms with Gasteiger partial charge in [0.1, 0.15) is 11.3 Å². The number of benzene rings is 1. The van der Waals surface area contributed by atoms with E-state index in [4.69, 9.17) is 5.73 Å². The smallest absolute Gasteiger partial charge is 0.137 e. The second-order valence-corrected chi connectivity index (χ2v) is 3.59. The minimum atomic E-state index is 0.724. The highest BCUT2D eigenvalue weighted by Gasteiger charge is 2.06. The molecule has 0 saturated heterocycles. The molecule has 0 bridgehead atoms. The Morgan fingerprint density at radius 1 is 1.06 bits per heavy atom. The first kappa shape index (κ1) is 8.97. The molecule has 2 heterocycles. The summed E-state index contributed by atoms with van der Waals surface area (Å²) in [4.78, 5) is 4.47. The van der Waals surface area contributed by atoms with E-state index in [-0.39, 0.29) is 0 Å². The number of nitrogen functional groups attached to an aromatic ring is 1. The van der Waals surface area contributed by atoms with Gasteiger partial charge in [0.25, 0.3) is 0 Å². The fourth-order valence-electron chi connectivity index (χ4n) is 1.71. The number of rotatable bonds is 1. The molecular weight excluding hydrogens is 198 g/mol. The van der Waals surface area contributed by atoms with Crippen LogP contribution >= 0.6 is 0 Å². The summed E-state index contributed by atoms with van der Waals surface area (Å²) in [7, 11) is 0. The second kappa shape index (κ2) is 3.38. The van der Waals surface area contributed by atoms with Crippen LogP contribution in [-0.4, -0.2) is 9.38 Å². The van der Waals surface area contributed by atoms with Crippen LogP contribution in [-0.2, 0) is 0 Å². The molecule has 0 fully saturated rings. The number of nitrogens with zero attached hydrogens (tertiary/aromatic N) is 2. The normalized spacial score (nSPS) is 10.8. The standard InChI is InChI=1S/C13H10N3/c14-11-6-2-1-5-10(11)12-9-16-8-4-3-7-13(16)15-12/h1-8H,14H2. The van der Waals surface area contributed by atoms with Crippen LogP contribution in [0.1, 0.15) is 0 Å². The van der Waals surface area contributed by atoms with Gasteiger partial charge in [-0.25, -0.2) is 4.98 Å². The largest absolute Gasteiger partial charge is 0.398 e. The van der Waals surface area contributed by atoms with Crippen molar-refractivity contribution in [2.24, 2.45) is 0 Å². The molecule has 1 radical (unpaired) electrons. The van der Waals surface area contributed by atoms with E-state index >= 15 is 0 Å². The van der Waals surface area contributed by atoms with Crippen LogP contribution in [0, 0.1) is 6.20 Å². The van der Waals surface area contributed by atoms with Gasteiger partial charge in [-0.1, -0.05) is 24.3 Å². The third kappa shape index (κ3) is 1.34. The summed E-state index contributed by atoms with van der Waals surface area (Å²) in [5.74, 6) is 0. The van der Waals surface area contributed by atoms with E-state index in [1.807, 2.05) is 53.1 Å².